The lowest BCUT2D eigenvalue weighted by molar-refractivity contribution is 0.141. The third kappa shape index (κ3) is 7.88. The number of ether oxygens (including phenoxy) is 1. The van der Waals surface area contributed by atoms with Gasteiger partial charge < -0.3 is 15.2 Å². The predicted octanol–water partition coefficient (Wildman–Crippen LogP) is -0.00670. The van der Waals surface area contributed by atoms with E-state index in [2.05, 4.69) is 5.32 Å². The third-order valence-electron chi connectivity index (χ3n) is 1.07. The van der Waals surface area contributed by atoms with Crippen LogP contribution in [0.25, 0.3) is 0 Å². The zero-order valence-corrected chi connectivity index (χ0v) is 6.76. The van der Waals surface area contributed by atoms with E-state index in [1.807, 2.05) is 6.92 Å². The quantitative estimate of drug-likeness (QED) is 0.519. The molecular weight excluding hydrogens is 130 g/mol. The van der Waals surface area contributed by atoms with E-state index < -0.39 is 0 Å². The van der Waals surface area contributed by atoms with Crippen LogP contribution in [0.5, 0.6) is 0 Å². The Morgan fingerprint density at radius 3 is 2.80 bits per heavy atom. The normalized spacial score (nSPS) is 13.5. The van der Waals surface area contributed by atoms with E-state index in [0.29, 0.717) is 6.54 Å². The summed E-state index contributed by atoms with van der Waals surface area (Å²) in [7, 11) is 0. The van der Waals surface area contributed by atoms with Crippen molar-refractivity contribution in [3.8, 4) is 0 Å². The molecular formula is C7H17NO2. The van der Waals surface area contributed by atoms with Crippen LogP contribution in [-0.4, -0.2) is 37.5 Å². The zero-order valence-electron chi connectivity index (χ0n) is 6.76. The predicted molar refractivity (Wildman–Crippen MR) is 41.0 cm³/mol. The molecule has 62 valence electrons. The first-order chi connectivity index (χ1) is 4.77. The molecule has 0 saturated heterocycles. The maximum atomic E-state index is 8.81. The van der Waals surface area contributed by atoms with Gasteiger partial charge in [0.2, 0.25) is 0 Å². The number of hydrogen-bond acceptors (Lipinski definition) is 3. The van der Waals surface area contributed by atoms with E-state index in [-0.39, 0.29) is 6.10 Å². The molecule has 0 amide bonds. The van der Waals surface area contributed by atoms with Crippen LogP contribution in [0.1, 0.15) is 13.8 Å². The van der Waals surface area contributed by atoms with Crippen LogP contribution in [0.2, 0.25) is 0 Å². The molecule has 0 aliphatic rings. The molecule has 0 radical (unpaired) electrons. The first-order valence-electron chi connectivity index (χ1n) is 3.74. The lowest BCUT2D eigenvalue weighted by Gasteiger charge is -2.05. The number of aliphatic hydroxyl groups excluding tert-OH is 1. The Kier molecular flexibility index (Phi) is 6.91. The average Bonchev–Trinajstić information content (AvgIpc) is 1.87. The molecule has 0 heterocycles. The summed E-state index contributed by atoms with van der Waals surface area (Å²) in [5.74, 6) is 0. The second-order valence-corrected chi connectivity index (χ2v) is 2.25. The summed E-state index contributed by atoms with van der Waals surface area (Å²) in [5, 5.41) is 11.9. The van der Waals surface area contributed by atoms with Crippen LogP contribution >= 0.6 is 0 Å². The fourth-order valence-corrected chi connectivity index (χ4v) is 0.600. The van der Waals surface area contributed by atoms with Gasteiger partial charge in [-0.1, -0.05) is 0 Å². The minimum atomic E-state index is -0.262. The van der Waals surface area contributed by atoms with Crippen molar-refractivity contribution in [3.05, 3.63) is 0 Å². The summed E-state index contributed by atoms with van der Waals surface area (Å²) in [6.45, 7) is 6.67. The third-order valence-corrected chi connectivity index (χ3v) is 1.07. The van der Waals surface area contributed by atoms with Gasteiger partial charge in [0.05, 0.1) is 12.7 Å². The van der Waals surface area contributed by atoms with Crippen molar-refractivity contribution in [1.82, 2.24) is 5.32 Å². The molecule has 10 heavy (non-hydrogen) atoms. The molecule has 0 spiro atoms. The highest BCUT2D eigenvalue weighted by molar-refractivity contribution is 4.51. The van der Waals surface area contributed by atoms with E-state index >= 15 is 0 Å². The van der Waals surface area contributed by atoms with Crippen LogP contribution < -0.4 is 5.32 Å². The fraction of sp³-hybridized carbons (Fsp3) is 1.00. The highest BCUT2D eigenvalue weighted by Crippen LogP contribution is 1.75. The van der Waals surface area contributed by atoms with Gasteiger partial charge in [0.25, 0.3) is 0 Å². The summed E-state index contributed by atoms with van der Waals surface area (Å²) in [5.41, 5.74) is 0. The molecule has 3 heteroatoms. The van der Waals surface area contributed by atoms with E-state index in [1.165, 1.54) is 0 Å². The van der Waals surface area contributed by atoms with Gasteiger partial charge in [-0.05, 0) is 13.8 Å². The molecule has 0 bridgehead atoms. The Bertz CT molecular complexity index is 66.6. The number of hydrogen-bond donors (Lipinski definition) is 2. The Hall–Kier alpha value is -0.120. The summed E-state index contributed by atoms with van der Waals surface area (Å²) >= 11 is 0. The van der Waals surface area contributed by atoms with E-state index in [9.17, 15) is 0 Å². The van der Waals surface area contributed by atoms with E-state index in [1.54, 1.807) is 6.92 Å². The molecule has 0 saturated carbocycles. The molecule has 0 aromatic rings. The summed E-state index contributed by atoms with van der Waals surface area (Å²) in [6.07, 6.45) is -0.262. The van der Waals surface area contributed by atoms with Gasteiger partial charge in [0.15, 0.2) is 0 Å². The second-order valence-electron chi connectivity index (χ2n) is 2.25. The highest BCUT2D eigenvalue weighted by atomic mass is 16.5. The standard InChI is InChI=1S/C7H17NO2/c1-3-10-5-4-8-6-7(2)9/h7-9H,3-6H2,1-2H3/t7-/m0/s1. The highest BCUT2D eigenvalue weighted by Gasteiger charge is 1.92. The average molecular weight is 147 g/mol. The molecule has 0 aliphatic heterocycles. The second kappa shape index (κ2) is 6.99. The van der Waals surface area contributed by atoms with Gasteiger partial charge >= 0.3 is 0 Å². The van der Waals surface area contributed by atoms with Crippen molar-refractivity contribution in [1.29, 1.82) is 0 Å². The molecule has 0 unspecified atom stereocenters. The minimum Gasteiger partial charge on any atom is -0.392 e. The molecule has 0 rings (SSSR count). The van der Waals surface area contributed by atoms with Gasteiger partial charge in [-0.2, -0.15) is 0 Å². The molecule has 0 aliphatic carbocycles. The molecule has 2 N–H and O–H groups in total. The molecule has 1 atom stereocenters. The van der Waals surface area contributed by atoms with Crippen molar-refractivity contribution in [2.24, 2.45) is 0 Å². The van der Waals surface area contributed by atoms with E-state index in [4.69, 9.17) is 9.84 Å². The van der Waals surface area contributed by atoms with Gasteiger partial charge in [0.1, 0.15) is 0 Å². The summed E-state index contributed by atoms with van der Waals surface area (Å²) in [6, 6.07) is 0. The molecule has 3 nitrogen and oxygen atoms in total. The van der Waals surface area contributed by atoms with Crippen molar-refractivity contribution in [3.63, 3.8) is 0 Å². The van der Waals surface area contributed by atoms with Gasteiger partial charge in [-0.3, -0.25) is 0 Å². The molecule has 0 fully saturated rings. The number of rotatable bonds is 6. The van der Waals surface area contributed by atoms with Gasteiger partial charge in [-0.15, -0.1) is 0 Å². The smallest absolute Gasteiger partial charge is 0.0636 e. The Morgan fingerprint density at radius 1 is 1.60 bits per heavy atom. The first-order valence-corrected chi connectivity index (χ1v) is 3.74. The SMILES string of the molecule is CCOCCNC[C@H](C)O. The Labute approximate surface area is 62.4 Å². The summed E-state index contributed by atoms with van der Waals surface area (Å²) in [4.78, 5) is 0. The largest absolute Gasteiger partial charge is 0.392 e. The zero-order chi connectivity index (χ0) is 7.82. The van der Waals surface area contributed by atoms with Gasteiger partial charge in [-0.25, -0.2) is 0 Å². The topological polar surface area (TPSA) is 41.5 Å². The van der Waals surface area contributed by atoms with Gasteiger partial charge in [0, 0.05) is 19.7 Å². The first kappa shape index (κ1) is 9.88. The van der Waals surface area contributed by atoms with Crippen LogP contribution in [-0.2, 0) is 4.74 Å². The fourth-order valence-electron chi connectivity index (χ4n) is 0.600. The summed E-state index contributed by atoms with van der Waals surface area (Å²) < 4.78 is 5.07. The maximum absolute atomic E-state index is 8.81. The molecule has 0 aromatic heterocycles. The van der Waals surface area contributed by atoms with E-state index in [0.717, 1.165) is 19.8 Å². The van der Waals surface area contributed by atoms with Crippen molar-refractivity contribution >= 4 is 0 Å². The van der Waals surface area contributed by atoms with Crippen LogP contribution in [0.15, 0.2) is 0 Å². The van der Waals surface area contributed by atoms with Crippen molar-refractivity contribution in [2.45, 2.75) is 20.0 Å². The number of nitrogens with one attached hydrogen (secondary N) is 1. The monoisotopic (exact) mass is 147 g/mol. The maximum Gasteiger partial charge on any atom is 0.0636 e. The van der Waals surface area contributed by atoms with Crippen LogP contribution in [0.3, 0.4) is 0 Å². The van der Waals surface area contributed by atoms with Crippen LogP contribution in [0.4, 0.5) is 0 Å². The Balaban J connectivity index is 2.77. The Morgan fingerprint density at radius 2 is 2.30 bits per heavy atom. The lowest BCUT2D eigenvalue weighted by Crippen LogP contribution is -2.27. The van der Waals surface area contributed by atoms with Crippen molar-refractivity contribution < 1.29 is 9.84 Å². The lowest BCUT2D eigenvalue weighted by atomic mass is 10.4. The number of aliphatic hydroxyl groups is 1. The minimum absolute atomic E-state index is 0.262. The van der Waals surface area contributed by atoms with Crippen LogP contribution in [0, 0.1) is 0 Å². The van der Waals surface area contributed by atoms with Crippen molar-refractivity contribution in [2.75, 3.05) is 26.3 Å². The molecule has 0 aromatic carbocycles.